The molecular weight excluding hydrogens is 248 g/mol. The smallest absolute Gasteiger partial charge is 0.183 e. The summed E-state index contributed by atoms with van der Waals surface area (Å²) in [6.07, 6.45) is 6.87. The minimum atomic E-state index is 0.555. The van der Waals surface area contributed by atoms with Crippen LogP contribution in [-0.2, 0) is 0 Å². The minimum absolute atomic E-state index is 0.555. The molecule has 1 aliphatic carbocycles. The maximum atomic E-state index is 4.71. The fourth-order valence-corrected chi connectivity index (χ4v) is 3.06. The van der Waals surface area contributed by atoms with Gasteiger partial charge in [0.1, 0.15) is 5.82 Å². The Kier molecular flexibility index (Phi) is 2.73. The zero-order chi connectivity index (χ0) is 13.4. The molecule has 0 bridgehead atoms. The molecule has 4 nitrogen and oxygen atoms in total. The summed E-state index contributed by atoms with van der Waals surface area (Å²) in [4.78, 5) is 9.18. The third-order valence-electron chi connectivity index (χ3n) is 4.12. The van der Waals surface area contributed by atoms with E-state index in [1.807, 2.05) is 24.4 Å². The Bertz CT molecular complexity index is 736. The van der Waals surface area contributed by atoms with Crippen LogP contribution in [0.4, 0.5) is 0 Å². The Labute approximate surface area is 117 Å². The number of hydrogen-bond donors (Lipinski definition) is 1. The van der Waals surface area contributed by atoms with Crippen molar-refractivity contribution < 1.29 is 0 Å². The summed E-state index contributed by atoms with van der Waals surface area (Å²) in [6, 6.07) is 10.2. The van der Waals surface area contributed by atoms with Crippen LogP contribution in [0, 0.1) is 0 Å². The number of nitrogens with zero attached hydrogens (tertiary/aromatic N) is 3. The molecule has 0 radical (unpaired) electrons. The number of H-pyrrole nitrogens is 1. The number of benzene rings is 1. The van der Waals surface area contributed by atoms with Crippen LogP contribution in [0.3, 0.4) is 0 Å². The van der Waals surface area contributed by atoms with Gasteiger partial charge in [-0.3, -0.25) is 10.1 Å². The Balaban J connectivity index is 1.79. The molecule has 0 saturated heterocycles. The van der Waals surface area contributed by atoms with E-state index in [-0.39, 0.29) is 0 Å². The lowest BCUT2D eigenvalue weighted by atomic mass is 10.1. The second-order valence-corrected chi connectivity index (χ2v) is 5.41. The van der Waals surface area contributed by atoms with Gasteiger partial charge in [0, 0.05) is 23.1 Å². The third kappa shape index (κ3) is 1.88. The molecule has 1 saturated carbocycles. The van der Waals surface area contributed by atoms with Crippen LogP contribution in [0.2, 0.25) is 0 Å². The van der Waals surface area contributed by atoms with Gasteiger partial charge in [-0.15, -0.1) is 0 Å². The molecule has 1 aliphatic rings. The summed E-state index contributed by atoms with van der Waals surface area (Å²) >= 11 is 0. The highest BCUT2D eigenvalue weighted by molar-refractivity contribution is 5.91. The van der Waals surface area contributed by atoms with E-state index in [1.54, 1.807) is 0 Å². The van der Waals surface area contributed by atoms with Gasteiger partial charge in [0.05, 0.1) is 5.52 Å². The standard InChI is InChI=1S/C16H16N4/c1-2-6-12(5-1)15-18-16(20-19-15)13-9-3-7-11-8-4-10-17-14(11)13/h3-4,7-10,12H,1-2,5-6H2,(H,18,19,20). The zero-order valence-electron chi connectivity index (χ0n) is 11.2. The number of aromatic nitrogens is 4. The highest BCUT2D eigenvalue weighted by Crippen LogP contribution is 2.33. The van der Waals surface area contributed by atoms with Gasteiger partial charge < -0.3 is 0 Å². The van der Waals surface area contributed by atoms with Gasteiger partial charge in [0.15, 0.2) is 5.82 Å². The fourth-order valence-electron chi connectivity index (χ4n) is 3.06. The van der Waals surface area contributed by atoms with Crippen molar-refractivity contribution in [2.45, 2.75) is 31.6 Å². The molecule has 4 rings (SSSR count). The molecule has 0 amide bonds. The van der Waals surface area contributed by atoms with Gasteiger partial charge >= 0.3 is 0 Å². The van der Waals surface area contributed by atoms with Crippen LogP contribution in [-0.4, -0.2) is 20.2 Å². The summed E-state index contributed by atoms with van der Waals surface area (Å²) in [7, 11) is 0. The average Bonchev–Trinajstić information content (AvgIpc) is 3.17. The third-order valence-corrected chi connectivity index (χ3v) is 4.12. The molecule has 2 heterocycles. The van der Waals surface area contributed by atoms with Crippen molar-refractivity contribution in [1.29, 1.82) is 0 Å². The van der Waals surface area contributed by atoms with Crippen LogP contribution in [0.25, 0.3) is 22.3 Å². The van der Waals surface area contributed by atoms with Gasteiger partial charge in [0.2, 0.25) is 0 Å². The van der Waals surface area contributed by atoms with Crippen LogP contribution in [0.5, 0.6) is 0 Å². The molecule has 4 heteroatoms. The SMILES string of the molecule is c1cnc2c(-c3n[nH]c(C4CCCC4)n3)cccc2c1. The summed E-state index contributed by atoms with van der Waals surface area (Å²) in [5, 5.41) is 8.65. The molecule has 3 aromatic rings. The second kappa shape index (κ2) is 4.71. The van der Waals surface area contributed by atoms with Crippen molar-refractivity contribution in [3.05, 3.63) is 42.4 Å². The molecule has 0 spiro atoms. The average molecular weight is 264 g/mol. The number of pyridine rings is 1. The van der Waals surface area contributed by atoms with Crippen LogP contribution in [0.15, 0.2) is 36.5 Å². The van der Waals surface area contributed by atoms with Crippen molar-refractivity contribution in [3.8, 4) is 11.4 Å². The maximum absolute atomic E-state index is 4.71. The van der Waals surface area contributed by atoms with E-state index in [0.717, 1.165) is 28.1 Å². The molecule has 1 N–H and O–H groups in total. The molecule has 0 unspecified atom stereocenters. The molecule has 100 valence electrons. The van der Waals surface area contributed by atoms with Gasteiger partial charge in [-0.05, 0) is 25.0 Å². The van der Waals surface area contributed by atoms with Crippen molar-refractivity contribution in [2.75, 3.05) is 0 Å². The predicted molar refractivity (Wildman–Crippen MR) is 78.3 cm³/mol. The first-order chi connectivity index (χ1) is 9.92. The molecule has 0 aliphatic heterocycles. The molecule has 0 atom stereocenters. The van der Waals surface area contributed by atoms with E-state index in [1.165, 1.54) is 25.7 Å². The highest BCUT2D eigenvalue weighted by atomic mass is 15.2. The Morgan fingerprint density at radius 2 is 1.90 bits per heavy atom. The minimum Gasteiger partial charge on any atom is -0.262 e. The summed E-state index contributed by atoms with van der Waals surface area (Å²) in [5.74, 6) is 2.35. The van der Waals surface area contributed by atoms with Crippen LogP contribution < -0.4 is 0 Å². The maximum Gasteiger partial charge on any atom is 0.183 e. The van der Waals surface area contributed by atoms with E-state index >= 15 is 0 Å². The van der Waals surface area contributed by atoms with Gasteiger partial charge in [-0.1, -0.05) is 31.0 Å². The lowest BCUT2D eigenvalue weighted by Crippen LogP contribution is -1.94. The van der Waals surface area contributed by atoms with Crippen molar-refractivity contribution in [1.82, 2.24) is 20.2 Å². The van der Waals surface area contributed by atoms with Crippen LogP contribution >= 0.6 is 0 Å². The van der Waals surface area contributed by atoms with Gasteiger partial charge in [-0.25, -0.2) is 4.98 Å². The van der Waals surface area contributed by atoms with Crippen molar-refractivity contribution in [3.63, 3.8) is 0 Å². The monoisotopic (exact) mass is 264 g/mol. The first kappa shape index (κ1) is 11.6. The fraction of sp³-hybridized carbons (Fsp3) is 0.312. The quantitative estimate of drug-likeness (QED) is 0.768. The zero-order valence-corrected chi connectivity index (χ0v) is 11.2. The van der Waals surface area contributed by atoms with E-state index in [0.29, 0.717) is 5.92 Å². The molecule has 20 heavy (non-hydrogen) atoms. The molecule has 1 aromatic carbocycles. The van der Waals surface area contributed by atoms with Crippen LogP contribution in [0.1, 0.15) is 37.4 Å². The highest BCUT2D eigenvalue weighted by Gasteiger charge is 2.21. The number of para-hydroxylation sites is 1. The predicted octanol–water partition coefficient (Wildman–Crippen LogP) is 3.68. The van der Waals surface area contributed by atoms with Gasteiger partial charge in [-0.2, -0.15) is 5.10 Å². The lowest BCUT2D eigenvalue weighted by molar-refractivity contribution is 0.672. The summed E-state index contributed by atoms with van der Waals surface area (Å²) < 4.78 is 0. The normalized spacial score (nSPS) is 16.0. The second-order valence-electron chi connectivity index (χ2n) is 5.41. The molecule has 2 aromatic heterocycles. The van der Waals surface area contributed by atoms with E-state index < -0.39 is 0 Å². The first-order valence-corrected chi connectivity index (χ1v) is 7.18. The largest absolute Gasteiger partial charge is 0.262 e. The van der Waals surface area contributed by atoms with Gasteiger partial charge in [0.25, 0.3) is 0 Å². The van der Waals surface area contributed by atoms with Crippen molar-refractivity contribution in [2.24, 2.45) is 0 Å². The molecular formula is C16H16N4. The molecule has 1 fully saturated rings. The Hall–Kier alpha value is -2.23. The van der Waals surface area contributed by atoms with E-state index in [4.69, 9.17) is 4.98 Å². The number of nitrogens with one attached hydrogen (secondary N) is 1. The van der Waals surface area contributed by atoms with E-state index in [2.05, 4.69) is 27.3 Å². The number of hydrogen-bond acceptors (Lipinski definition) is 3. The van der Waals surface area contributed by atoms with E-state index in [9.17, 15) is 0 Å². The lowest BCUT2D eigenvalue weighted by Gasteiger charge is -2.03. The summed E-state index contributed by atoms with van der Waals surface area (Å²) in [5.41, 5.74) is 1.97. The number of aromatic amines is 1. The topological polar surface area (TPSA) is 54.5 Å². The number of fused-ring (bicyclic) bond motifs is 1. The van der Waals surface area contributed by atoms with Crippen molar-refractivity contribution >= 4 is 10.9 Å². The Morgan fingerprint density at radius 3 is 2.80 bits per heavy atom. The number of rotatable bonds is 2. The Morgan fingerprint density at radius 1 is 1.05 bits per heavy atom. The first-order valence-electron chi connectivity index (χ1n) is 7.18. The summed E-state index contributed by atoms with van der Waals surface area (Å²) in [6.45, 7) is 0.